The van der Waals surface area contributed by atoms with Crippen molar-refractivity contribution in [1.29, 1.82) is 0 Å². The van der Waals surface area contributed by atoms with Gasteiger partial charge in [-0.25, -0.2) is 0 Å². The van der Waals surface area contributed by atoms with Crippen molar-refractivity contribution in [3.05, 3.63) is 0 Å². The van der Waals surface area contributed by atoms with E-state index in [0.717, 1.165) is 23.9 Å². The average Bonchev–Trinajstić information content (AvgIpc) is 2.20. The molecule has 120 valence electrons. The quantitative estimate of drug-likeness (QED) is 0.782. The van der Waals surface area contributed by atoms with Crippen LogP contribution in [0.25, 0.3) is 0 Å². The number of hydrogen-bond donors (Lipinski definition) is 1. The van der Waals surface area contributed by atoms with E-state index in [9.17, 15) is 5.11 Å². The molecule has 0 spiro atoms. The molecule has 20 heavy (non-hydrogen) atoms. The van der Waals surface area contributed by atoms with Crippen molar-refractivity contribution < 1.29 is 14.3 Å². The monoisotopic (exact) mass is 287 g/mol. The van der Waals surface area contributed by atoms with Crippen LogP contribution in [-0.4, -0.2) is 79.1 Å². The van der Waals surface area contributed by atoms with Gasteiger partial charge in [0.15, 0.2) is 0 Å². The summed E-state index contributed by atoms with van der Waals surface area (Å²) in [6.07, 6.45) is 1.88. The fourth-order valence-electron chi connectivity index (χ4n) is 3.33. The Kier molecular flexibility index (Phi) is 5.29. The zero-order valence-electron chi connectivity index (χ0n) is 14.7. The van der Waals surface area contributed by atoms with Crippen molar-refractivity contribution in [1.82, 2.24) is 4.90 Å². The first-order chi connectivity index (χ1) is 8.83. The van der Waals surface area contributed by atoms with Crippen LogP contribution >= 0.6 is 0 Å². The highest BCUT2D eigenvalue weighted by Crippen LogP contribution is 2.38. The molecule has 1 rings (SSSR count). The Hall–Kier alpha value is -0.160. The summed E-state index contributed by atoms with van der Waals surface area (Å²) in [7, 11) is 8.46. The number of nitrogens with zero attached hydrogens (tertiary/aromatic N) is 2. The van der Waals surface area contributed by atoms with Crippen molar-refractivity contribution in [2.45, 2.75) is 63.8 Å². The summed E-state index contributed by atoms with van der Waals surface area (Å²) < 4.78 is 6.78. The van der Waals surface area contributed by atoms with E-state index in [-0.39, 0.29) is 23.3 Å². The van der Waals surface area contributed by atoms with E-state index < -0.39 is 0 Å². The van der Waals surface area contributed by atoms with Crippen LogP contribution in [-0.2, 0) is 4.74 Å². The third-order valence-corrected chi connectivity index (χ3v) is 4.55. The summed E-state index contributed by atoms with van der Waals surface area (Å²) >= 11 is 0. The van der Waals surface area contributed by atoms with Crippen LogP contribution in [0.15, 0.2) is 0 Å². The number of likely N-dealkylation sites (tertiary alicyclic amines) is 1. The van der Waals surface area contributed by atoms with Gasteiger partial charge < -0.3 is 14.3 Å². The first-order valence-corrected chi connectivity index (χ1v) is 7.67. The van der Waals surface area contributed by atoms with Gasteiger partial charge >= 0.3 is 0 Å². The van der Waals surface area contributed by atoms with Gasteiger partial charge in [-0.05, 0) is 47.6 Å². The lowest BCUT2D eigenvalue weighted by atomic mass is 9.79. The maximum atomic E-state index is 10.1. The molecule has 0 bridgehead atoms. The highest BCUT2D eigenvalue weighted by molar-refractivity contribution is 4.98. The summed E-state index contributed by atoms with van der Waals surface area (Å²) in [5, 5.41) is 10.1. The smallest absolute Gasteiger partial charge is 0.126 e. The van der Waals surface area contributed by atoms with E-state index in [4.69, 9.17) is 4.74 Å². The van der Waals surface area contributed by atoms with Crippen LogP contribution < -0.4 is 0 Å². The molecule has 4 nitrogen and oxygen atoms in total. The van der Waals surface area contributed by atoms with Crippen LogP contribution in [0.5, 0.6) is 0 Å². The van der Waals surface area contributed by atoms with Gasteiger partial charge in [-0.3, -0.25) is 4.90 Å². The first-order valence-electron chi connectivity index (χ1n) is 7.67. The van der Waals surface area contributed by atoms with Gasteiger partial charge in [0.2, 0.25) is 0 Å². The molecular weight excluding hydrogens is 252 g/mol. The van der Waals surface area contributed by atoms with Crippen LogP contribution in [0.3, 0.4) is 0 Å². The molecule has 1 N–H and O–H groups in total. The Labute approximate surface area is 125 Å². The molecule has 0 saturated carbocycles. The Morgan fingerprint density at radius 1 is 1.15 bits per heavy atom. The Balaban J connectivity index is 2.53. The zero-order valence-corrected chi connectivity index (χ0v) is 14.7. The summed E-state index contributed by atoms with van der Waals surface area (Å²) in [4.78, 5) is 2.45. The van der Waals surface area contributed by atoms with Gasteiger partial charge in [0.1, 0.15) is 12.6 Å². The molecule has 0 radical (unpaired) electrons. The molecule has 0 aromatic rings. The number of aliphatic hydroxyl groups is 1. The number of aliphatic hydroxyl groups excluding tert-OH is 1. The third kappa shape index (κ3) is 4.99. The van der Waals surface area contributed by atoms with Gasteiger partial charge in [-0.1, -0.05) is 0 Å². The normalized spacial score (nSPS) is 25.6. The molecule has 1 unspecified atom stereocenters. The number of quaternary nitrogens is 1. The first kappa shape index (κ1) is 17.9. The number of ether oxygens (including phenoxy) is 1. The van der Waals surface area contributed by atoms with Gasteiger partial charge in [0.25, 0.3) is 0 Å². The van der Waals surface area contributed by atoms with Gasteiger partial charge in [-0.2, -0.15) is 0 Å². The summed E-state index contributed by atoms with van der Waals surface area (Å²) in [5.41, 5.74) is 0.273. The molecule has 1 saturated heterocycles. The molecule has 1 aliphatic rings. The molecule has 0 aromatic carbocycles. The number of rotatable bonds is 5. The minimum Gasteiger partial charge on any atom is -0.385 e. The minimum absolute atomic E-state index is 0.136. The molecule has 1 atom stereocenters. The van der Waals surface area contributed by atoms with Crippen molar-refractivity contribution in [2.75, 3.05) is 41.3 Å². The summed E-state index contributed by atoms with van der Waals surface area (Å²) in [5.74, 6) is 0. The molecule has 4 heteroatoms. The molecule has 0 amide bonds. The number of piperidine rings is 1. The van der Waals surface area contributed by atoms with Crippen LogP contribution in [0.2, 0.25) is 0 Å². The maximum absolute atomic E-state index is 10.1. The zero-order chi connectivity index (χ0) is 15.8. The van der Waals surface area contributed by atoms with E-state index in [0.29, 0.717) is 6.61 Å². The Bertz CT molecular complexity index is 303. The minimum atomic E-state index is -0.388. The van der Waals surface area contributed by atoms with Crippen molar-refractivity contribution >= 4 is 0 Å². The maximum Gasteiger partial charge on any atom is 0.126 e. The molecular formula is C16H35N2O2+. The van der Waals surface area contributed by atoms with E-state index in [2.05, 4.69) is 60.8 Å². The Morgan fingerprint density at radius 2 is 1.60 bits per heavy atom. The second-order valence-electron chi connectivity index (χ2n) is 8.67. The molecule has 1 aliphatic heterocycles. The van der Waals surface area contributed by atoms with Crippen molar-refractivity contribution in [3.8, 4) is 0 Å². The number of hydrogen-bond acceptors (Lipinski definition) is 3. The topological polar surface area (TPSA) is 32.7 Å². The Morgan fingerprint density at radius 3 is 2.00 bits per heavy atom. The average molecular weight is 287 g/mol. The van der Waals surface area contributed by atoms with Gasteiger partial charge in [0, 0.05) is 11.1 Å². The molecule has 1 fully saturated rings. The lowest BCUT2D eigenvalue weighted by Gasteiger charge is -2.53. The van der Waals surface area contributed by atoms with E-state index in [1.165, 1.54) is 0 Å². The van der Waals surface area contributed by atoms with Crippen molar-refractivity contribution in [3.63, 3.8) is 0 Å². The number of likely N-dealkylation sites (N-methyl/N-ethyl adjacent to an activating group) is 1. The SMILES string of the molecule is CN1C(C)(C)CC(OCC(O)C[N+](C)(C)C)CC1(C)C. The second-order valence-corrected chi connectivity index (χ2v) is 8.67. The predicted molar refractivity (Wildman–Crippen MR) is 83.8 cm³/mol. The highest BCUT2D eigenvalue weighted by Gasteiger charge is 2.43. The van der Waals surface area contributed by atoms with E-state index in [1.54, 1.807) is 0 Å². The summed E-state index contributed by atoms with van der Waals surface area (Å²) in [6.45, 7) is 10.2. The summed E-state index contributed by atoms with van der Waals surface area (Å²) in [6, 6.07) is 0. The fraction of sp³-hybridized carbons (Fsp3) is 1.00. The second kappa shape index (κ2) is 5.91. The molecule has 1 heterocycles. The lowest BCUT2D eigenvalue weighted by Crippen LogP contribution is -2.60. The van der Waals surface area contributed by atoms with Crippen LogP contribution in [0.1, 0.15) is 40.5 Å². The predicted octanol–water partition coefficient (Wildman–Crippen LogP) is 1.72. The molecule has 0 aliphatic carbocycles. The van der Waals surface area contributed by atoms with Crippen LogP contribution in [0.4, 0.5) is 0 Å². The van der Waals surface area contributed by atoms with Crippen molar-refractivity contribution in [2.24, 2.45) is 0 Å². The van der Waals surface area contributed by atoms with E-state index >= 15 is 0 Å². The van der Waals surface area contributed by atoms with E-state index in [1.807, 2.05) is 0 Å². The standard InChI is InChI=1S/C16H35N2O2/c1-15(2)9-14(10-16(3,4)17(15)5)20-12-13(19)11-18(6,7)8/h13-14,19H,9-12H2,1-8H3/q+1. The third-order valence-electron chi connectivity index (χ3n) is 4.55. The van der Waals surface area contributed by atoms with Gasteiger partial charge in [0.05, 0.1) is 33.9 Å². The highest BCUT2D eigenvalue weighted by atomic mass is 16.5. The van der Waals surface area contributed by atoms with Gasteiger partial charge in [-0.15, -0.1) is 0 Å². The largest absolute Gasteiger partial charge is 0.385 e. The molecule has 0 aromatic heterocycles. The fourth-order valence-corrected chi connectivity index (χ4v) is 3.33. The lowest BCUT2D eigenvalue weighted by molar-refractivity contribution is -0.873. The van der Waals surface area contributed by atoms with Crippen LogP contribution in [0, 0.1) is 0 Å².